The predicted octanol–water partition coefficient (Wildman–Crippen LogP) is -0.579. The smallest absolute Gasteiger partial charge is 0.246 e. The molecule has 0 aromatic heterocycles. The number of amides is 1. The van der Waals surface area contributed by atoms with E-state index in [9.17, 15) is 13.2 Å². The van der Waals surface area contributed by atoms with Gasteiger partial charge in [-0.3, -0.25) is 4.79 Å². The number of hydrogen-bond donors (Lipinski definition) is 1. The molecule has 16 heavy (non-hydrogen) atoms. The number of nitrogens with one attached hydrogen (secondary N) is 1. The number of hydrogen-bond acceptors (Lipinski definition) is 4. The van der Waals surface area contributed by atoms with Gasteiger partial charge >= 0.3 is 0 Å². The molecule has 0 unspecified atom stereocenters. The number of sulfonamides is 1. The van der Waals surface area contributed by atoms with Gasteiger partial charge < -0.3 is 10.1 Å². The first-order chi connectivity index (χ1) is 7.40. The van der Waals surface area contributed by atoms with Crippen LogP contribution < -0.4 is 5.32 Å². The highest BCUT2D eigenvalue weighted by atomic mass is 32.2. The molecule has 1 amide bonds. The highest BCUT2D eigenvalue weighted by Gasteiger charge is 2.13. The first-order valence-electron chi connectivity index (χ1n) is 5.14. The molecule has 0 aromatic carbocycles. The molecule has 96 valence electrons. The van der Waals surface area contributed by atoms with E-state index in [1.807, 2.05) is 6.92 Å². The van der Waals surface area contributed by atoms with Crippen LogP contribution in [0, 0.1) is 0 Å². The lowest BCUT2D eigenvalue weighted by Gasteiger charge is -2.11. The Morgan fingerprint density at radius 2 is 2.00 bits per heavy atom. The van der Waals surface area contributed by atoms with E-state index in [4.69, 9.17) is 4.74 Å². The lowest BCUT2D eigenvalue weighted by atomic mass is 10.5. The van der Waals surface area contributed by atoms with Crippen LogP contribution in [0.2, 0.25) is 0 Å². The summed E-state index contributed by atoms with van der Waals surface area (Å²) >= 11 is 0. The van der Waals surface area contributed by atoms with E-state index in [1.54, 1.807) is 0 Å². The normalized spacial score (nSPS) is 11.8. The van der Waals surface area contributed by atoms with Gasteiger partial charge in [0, 0.05) is 27.2 Å². The van der Waals surface area contributed by atoms with Crippen LogP contribution in [0.25, 0.3) is 0 Å². The fourth-order valence-corrected chi connectivity index (χ4v) is 1.59. The van der Waals surface area contributed by atoms with Gasteiger partial charge in [0.1, 0.15) is 6.61 Å². The summed E-state index contributed by atoms with van der Waals surface area (Å²) in [5, 5.41) is 2.48. The molecule has 6 nitrogen and oxygen atoms in total. The molecule has 0 saturated heterocycles. The molecule has 0 heterocycles. The van der Waals surface area contributed by atoms with Gasteiger partial charge in [0.05, 0.1) is 5.75 Å². The molecule has 0 spiro atoms. The summed E-state index contributed by atoms with van der Waals surface area (Å²) in [5.74, 6) is -0.387. The van der Waals surface area contributed by atoms with Crippen LogP contribution in [0.15, 0.2) is 0 Å². The van der Waals surface area contributed by atoms with Crippen LogP contribution in [-0.4, -0.2) is 58.2 Å². The summed E-state index contributed by atoms with van der Waals surface area (Å²) in [5.41, 5.74) is 0. The van der Waals surface area contributed by atoms with Gasteiger partial charge in [0.25, 0.3) is 0 Å². The average Bonchev–Trinajstić information content (AvgIpc) is 2.17. The van der Waals surface area contributed by atoms with Crippen molar-refractivity contribution in [2.45, 2.75) is 13.3 Å². The maximum atomic E-state index is 11.3. The van der Waals surface area contributed by atoms with Crippen LogP contribution in [0.5, 0.6) is 0 Å². The van der Waals surface area contributed by atoms with Crippen molar-refractivity contribution in [2.75, 3.05) is 39.6 Å². The molecule has 0 atom stereocenters. The molecule has 0 saturated carbocycles. The fraction of sp³-hybridized carbons (Fsp3) is 0.889. The third-order valence-corrected chi connectivity index (χ3v) is 3.65. The zero-order valence-electron chi connectivity index (χ0n) is 10.0. The predicted molar refractivity (Wildman–Crippen MR) is 61.6 cm³/mol. The Kier molecular flexibility index (Phi) is 7.27. The van der Waals surface area contributed by atoms with E-state index in [0.717, 1.165) is 10.7 Å². The van der Waals surface area contributed by atoms with Crippen LogP contribution in [0.4, 0.5) is 0 Å². The maximum absolute atomic E-state index is 11.3. The Morgan fingerprint density at radius 1 is 1.38 bits per heavy atom. The van der Waals surface area contributed by atoms with E-state index >= 15 is 0 Å². The van der Waals surface area contributed by atoms with E-state index in [2.05, 4.69) is 5.32 Å². The van der Waals surface area contributed by atoms with Crippen molar-refractivity contribution in [3.05, 3.63) is 0 Å². The van der Waals surface area contributed by atoms with E-state index in [0.29, 0.717) is 6.61 Å². The van der Waals surface area contributed by atoms with Crippen LogP contribution >= 0.6 is 0 Å². The highest BCUT2D eigenvalue weighted by molar-refractivity contribution is 7.89. The lowest BCUT2D eigenvalue weighted by molar-refractivity contribution is -0.125. The minimum Gasteiger partial charge on any atom is -0.372 e. The first-order valence-corrected chi connectivity index (χ1v) is 6.75. The van der Waals surface area contributed by atoms with Gasteiger partial charge in [-0.2, -0.15) is 0 Å². The van der Waals surface area contributed by atoms with Crippen molar-refractivity contribution in [3.63, 3.8) is 0 Å². The van der Waals surface area contributed by atoms with Crippen LogP contribution in [-0.2, 0) is 19.6 Å². The molecule has 0 radical (unpaired) electrons. The number of ether oxygens (including phenoxy) is 1. The monoisotopic (exact) mass is 252 g/mol. The second-order valence-corrected chi connectivity index (χ2v) is 5.80. The summed E-state index contributed by atoms with van der Waals surface area (Å²) in [7, 11) is -0.322. The topological polar surface area (TPSA) is 75.7 Å². The number of carbonyl (C=O) groups excluding carboxylic acids is 1. The Hall–Kier alpha value is -0.660. The van der Waals surface area contributed by atoms with E-state index in [1.165, 1.54) is 14.1 Å². The van der Waals surface area contributed by atoms with Gasteiger partial charge in [-0.1, -0.05) is 6.92 Å². The largest absolute Gasteiger partial charge is 0.372 e. The van der Waals surface area contributed by atoms with Crippen molar-refractivity contribution < 1.29 is 17.9 Å². The first kappa shape index (κ1) is 15.3. The molecule has 0 aromatic rings. The highest BCUT2D eigenvalue weighted by Crippen LogP contribution is 1.92. The van der Waals surface area contributed by atoms with Gasteiger partial charge in [0.2, 0.25) is 15.9 Å². The Labute approximate surface area is 97.0 Å². The van der Waals surface area contributed by atoms with Crippen molar-refractivity contribution in [1.82, 2.24) is 9.62 Å². The molecular weight excluding hydrogens is 232 g/mol. The van der Waals surface area contributed by atoms with Crippen LogP contribution in [0.3, 0.4) is 0 Å². The summed E-state index contributed by atoms with van der Waals surface area (Å²) in [6.07, 6.45) is 0.849. The maximum Gasteiger partial charge on any atom is 0.246 e. The van der Waals surface area contributed by atoms with Crippen molar-refractivity contribution in [3.8, 4) is 0 Å². The molecule has 0 rings (SSSR count). The number of carbonyl (C=O) groups is 1. The molecule has 0 bridgehead atoms. The Morgan fingerprint density at radius 3 is 2.50 bits per heavy atom. The van der Waals surface area contributed by atoms with Gasteiger partial charge in [0.15, 0.2) is 0 Å². The lowest BCUT2D eigenvalue weighted by Crippen LogP contribution is -2.35. The summed E-state index contributed by atoms with van der Waals surface area (Å²) in [6.45, 7) is 2.57. The molecule has 0 aliphatic heterocycles. The van der Waals surface area contributed by atoms with Gasteiger partial charge in [-0.05, 0) is 6.42 Å². The van der Waals surface area contributed by atoms with Crippen molar-refractivity contribution >= 4 is 15.9 Å². The van der Waals surface area contributed by atoms with Crippen molar-refractivity contribution in [2.24, 2.45) is 0 Å². The zero-order valence-corrected chi connectivity index (χ0v) is 10.8. The zero-order chi connectivity index (χ0) is 12.6. The third kappa shape index (κ3) is 6.76. The number of nitrogens with zero attached hydrogens (tertiary/aromatic N) is 1. The summed E-state index contributed by atoms with van der Waals surface area (Å²) < 4.78 is 28.8. The second-order valence-electron chi connectivity index (χ2n) is 3.50. The quantitative estimate of drug-likeness (QED) is 0.586. The average molecular weight is 252 g/mol. The Bertz CT molecular complexity index is 301. The van der Waals surface area contributed by atoms with Gasteiger partial charge in [-0.15, -0.1) is 0 Å². The minimum absolute atomic E-state index is 0.0180. The molecule has 1 N–H and O–H groups in total. The molecule has 0 fully saturated rings. The molecular formula is C9H20N2O4S. The SMILES string of the molecule is CCCOCC(=O)NCCS(=O)(=O)N(C)C. The van der Waals surface area contributed by atoms with Gasteiger partial charge in [-0.25, -0.2) is 12.7 Å². The van der Waals surface area contributed by atoms with E-state index < -0.39 is 10.0 Å². The number of rotatable bonds is 8. The van der Waals surface area contributed by atoms with Crippen LogP contribution in [0.1, 0.15) is 13.3 Å². The fourth-order valence-electron chi connectivity index (χ4n) is 0.862. The molecule has 0 aliphatic rings. The summed E-state index contributed by atoms with van der Waals surface area (Å²) in [6, 6.07) is 0. The Balaban J connectivity index is 3.70. The molecule has 7 heteroatoms. The molecule has 0 aliphatic carbocycles. The summed E-state index contributed by atoms with van der Waals surface area (Å²) in [4.78, 5) is 11.1. The minimum atomic E-state index is -3.24. The van der Waals surface area contributed by atoms with E-state index in [-0.39, 0.29) is 24.8 Å². The third-order valence-electron chi connectivity index (χ3n) is 1.82. The second kappa shape index (κ2) is 7.59. The van der Waals surface area contributed by atoms with Crippen molar-refractivity contribution in [1.29, 1.82) is 0 Å². The standard InChI is InChI=1S/C9H20N2O4S/c1-4-6-15-8-9(12)10-5-7-16(13,14)11(2)3/h4-8H2,1-3H3,(H,10,12).